The van der Waals surface area contributed by atoms with E-state index in [1.807, 2.05) is 31.2 Å². The maximum Gasteiger partial charge on any atom is 0.303 e. The van der Waals surface area contributed by atoms with E-state index in [4.69, 9.17) is 38.0 Å². The summed E-state index contributed by atoms with van der Waals surface area (Å²) in [6.45, 7) is 8.57. The zero-order valence-corrected chi connectivity index (χ0v) is 25.8. The number of carboxylic acids is 1. The molecule has 1 unspecified atom stereocenters. The van der Waals surface area contributed by atoms with Crippen molar-refractivity contribution in [2.45, 2.75) is 45.3 Å². The van der Waals surface area contributed by atoms with E-state index in [9.17, 15) is 9.90 Å². The molecule has 0 amide bonds. The third kappa shape index (κ3) is 9.23. The van der Waals surface area contributed by atoms with Crippen molar-refractivity contribution in [2.24, 2.45) is 5.92 Å². The van der Waals surface area contributed by atoms with Gasteiger partial charge in [0.2, 0.25) is 11.8 Å². The smallest absolute Gasteiger partial charge is 0.303 e. The summed E-state index contributed by atoms with van der Waals surface area (Å²) in [5.41, 5.74) is 2.46. The van der Waals surface area contributed by atoms with Crippen LogP contribution in [0.25, 0.3) is 11.3 Å². The van der Waals surface area contributed by atoms with Crippen LogP contribution in [0.2, 0.25) is 10.0 Å². The Morgan fingerprint density at radius 1 is 0.953 bits per heavy atom. The van der Waals surface area contributed by atoms with Gasteiger partial charge in [-0.3, -0.25) is 14.6 Å². The van der Waals surface area contributed by atoms with Gasteiger partial charge < -0.3 is 19.8 Å². The molecule has 2 fully saturated rings. The van der Waals surface area contributed by atoms with Crippen LogP contribution in [-0.4, -0.2) is 92.9 Å². The van der Waals surface area contributed by atoms with Crippen LogP contribution in [0.5, 0.6) is 11.8 Å². The molecule has 10 nitrogen and oxygen atoms in total. The Morgan fingerprint density at radius 3 is 2.30 bits per heavy atom. The molecule has 5 rings (SSSR count). The Morgan fingerprint density at radius 2 is 1.67 bits per heavy atom. The van der Waals surface area contributed by atoms with Gasteiger partial charge in [0, 0.05) is 67.4 Å². The second-order valence-electron chi connectivity index (χ2n) is 11.5. The summed E-state index contributed by atoms with van der Waals surface area (Å²) in [5.74, 6) is 1.01. The largest absolute Gasteiger partial charge is 0.481 e. The van der Waals surface area contributed by atoms with Gasteiger partial charge in [-0.25, -0.2) is 15.0 Å². The van der Waals surface area contributed by atoms with Crippen LogP contribution >= 0.6 is 23.2 Å². The molecule has 0 radical (unpaired) electrons. The predicted molar refractivity (Wildman–Crippen MR) is 167 cm³/mol. The summed E-state index contributed by atoms with van der Waals surface area (Å²) in [6, 6.07) is 9.23. The number of pyridine rings is 1. The number of anilines is 1. The molecule has 3 aromatic rings. The van der Waals surface area contributed by atoms with Crippen molar-refractivity contribution in [1.29, 1.82) is 0 Å². The standard InChI is InChI=1S/C31H38Cl2N6O4/c1-21(40)2-5-37-8-10-39(11-9-37)28-18-35-30(19-34-28)43-29-13-23(20-38-6-3-22(4-7-38)14-31(41)42)12-27(36-29)24-15-25(32)17-26(33)16-24/h12-13,15-19,21-22,40H,2-11,14,20H2,1H3,(H,41,42). The van der Waals surface area contributed by atoms with Gasteiger partial charge in [-0.05, 0) is 75.0 Å². The van der Waals surface area contributed by atoms with Crippen LogP contribution in [0.3, 0.4) is 0 Å². The summed E-state index contributed by atoms with van der Waals surface area (Å²) >= 11 is 12.6. The topological polar surface area (TPSA) is 115 Å². The molecule has 2 aliphatic rings. The number of aliphatic hydroxyl groups is 1. The molecule has 0 saturated carbocycles. The maximum absolute atomic E-state index is 11.1. The fourth-order valence-electron chi connectivity index (χ4n) is 5.61. The van der Waals surface area contributed by atoms with E-state index < -0.39 is 5.97 Å². The van der Waals surface area contributed by atoms with Crippen molar-refractivity contribution >= 4 is 35.0 Å². The molecule has 43 heavy (non-hydrogen) atoms. The molecule has 2 aromatic heterocycles. The number of rotatable bonds is 11. The number of halogens is 2. The van der Waals surface area contributed by atoms with Crippen LogP contribution in [0.1, 0.15) is 38.2 Å². The van der Waals surface area contributed by atoms with Gasteiger partial charge in [-0.2, -0.15) is 0 Å². The highest BCUT2D eigenvalue weighted by Gasteiger charge is 2.22. The molecule has 0 spiro atoms. The van der Waals surface area contributed by atoms with Gasteiger partial charge >= 0.3 is 5.97 Å². The summed E-state index contributed by atoms with van der Waals surface area (Å²) in [5, 5.41) is 19.7. The minimum Gasteiger partial charge on any atom is -0.481 e. The lowest BCUT2D eigenvalue weighted by atomic mass is 9.93. The van der Waals surface area contributed by atoms with Crippen LogP contribution in [0.4, 0.5) is 5.82 Å². The van der Waals surface area contributed by atoms with Crippen molar-refractivity contribution in [3.8, 4) is 23.0 Å². The van der Waals surface area contributed by atoms with E-state index in [1.54, 1.807) is 18.5 Å². The van der Waals surface area contributed by atoms with Crippen molar-refractivity contribution in [3.05, 3.63) is 58.3 Å². The zero-order valence-electron chi connectivity index (χ0n) is 24.3. The van der Waals surface area contributed by atoms with Crippen LogP contribution in [0.15, 0.2) is 42.7 Å². The van der Waals surface area contributed by atoms with Gasteiger partial charge in [-0.15, -0.1) is 0 Å². The van der Waals surface area contributed by atoms with E-state index in [1.165, 1.54) is 0 Å². The summed E-state index contributed by atoms with van der Waals surface area (Å²) in [4.78, 5) is 31.9. The lowest BCUT2D eigenvalue weighted by Crippen LogP contribution is -2.47. The van der Waals surface area contributed by atoms with Crippen molar-refractivity contribution in [1.82, 2.24) is 24.8 Å². The molecular weight excluding hydrogens is 591 g/mol. The fourth-order valence-corrected chi connectivity index (χ4v) is 6.13. The molecule has 12 heteroatoms. The minimum absolute atomic E-state index is 0.217. The van der Waals surface area contributed by atoms with Crippen molar-refractivity contribution < 1.29 is 19.7 Å². The molecule has 1 aromatic carbocycles. The summed E-state index contributed by atoms with van der Waals surface area (Å²) in [6.07, 6.45) is 5.77. The first-order valence-corrected chi connectivity index (χ1v) is 15.5. The monoisotopic (exact) mass is 628 g/mol. The molecule has 2 saturated heterocycles. The van der Waals surface area contributed by atoms with Crippen molar-refractivity contribution in [3.63, 3.8) is 0 Å². The Kier molecular flexibility index (Phi) is 10.7. The highest BCUT2D eigenvalue weighted by Crippen LogP contribution is 2.31. The van der Waals surface area contributed by atoms with Gasteiger partial charge in [-0.1, -0.05) is 23.2 Å². The Bertz CT molecular complexity index is 1360. The number of aliphatic hydroxyl groups excluding tert-OH is 1. The number of aromatic nitrogens is 3. The lowest BCUT2D eigenvalue weighted by Gasteiger charge is -2.35. The fraction of sp³-hybridized carbons (Fsp3) is 0.484. The Balaban J connectivity index is 1.28. The third-order valence-corrected chi connectivity index (χ3v) is 8.42. The quantitative estimate of drug-likeness (QED) is 0.293. The molecule has 0 bridgehead atoms. The SMILES string of the molecule is CC(O)CCN1CCN(c2cnc(Oc3cc(CN4CCC(CC(=O)O)CC4)cc(-c4cc(Cl)cc(Cl)c4)n3)cn2)CC1. The molecule has 2 N–H and O–H groups in total. The van der Waals surface area contributed by atoms with Gasteiger partial charge in [0.15, 0.2) is 0 Å². The second-order valence-corrected chi connectivity index (χ2v) is 12.3. The number of carboxylic acid groups (broad SMARTS) is 1. The number of hydrogen-bond acceptors (Lipinski definition) is 9. The third-order valence-electron chi connectivity index (χ3n) is 7.98. The first kappa shape index (κ1) is 31.4. The zero-order chi connectivity index (χ0) is 30.3. The Labute approximate surface area is 262 Å². The van der Waals surface area contributed by atoms with Gasteiger partial charge in [0.1, 0.15) is 5.82 Å². The number of piperazine rings is 1. The van der Waals surface area contributed by atoms with Crippen LogP contribution < -0.4 is 9.64 Å². The number of aliphatic carboxylic acids is 1. The molecular formula is C31H38Cl2N6O4. The minimum atomic E-state index is -0.734. The summed E-state index contributed by atoms with van der Waals surface area (Å²) < 4.78 is 6.12. The highest BCUT2D eigenvalue weighted by atomic mass is 35.5. The van der Waals surface area contributed by atoms with Crippen molar-refractivity contribution in [2.75, 3.05) is 50.7 Å². The predicted octanol–water partition coefficient (Wildman–Crippen LogP) is 5.22. The normalized spacial score (nSPS) is 17.6. The number of ether oxygens (including phenoxy) is 1. The second kappa shape index (κ2) is 14.6. The average Bonchev–Trinajstić information content (AvgIpc) is 2.97. The van der Waals surface area contributed by atoms with E-state index in [2.05, 4.69) is 24.7 Å². The molecule has 1 atom stereocenters. The van der Waals surface area contributed by atoms with Crippen LogP contribution in [-0.2, 0) is 11.3 Å². The number of carbonyl (C=O) groups is 1. The highest BCUT2D eigenvalue weighted by molar-refractivity contribution is 6.35. The number of benzene rings is 1. The first-order chi connectivity index (χ1) is 20.7. The molecule has 230 valence electrons. The Hall–Kier alpha value is -3.02. The van der Waals surface area contributed by atoms with Gasteiger partial charge in [0.25, 0.3) is 0 Å². The average molecular weight is 630 g/mol. The summed E-state index contributed by atoms with van der Waals surface area (Å²) in [7, 11) is 0. The lowest BCUT2D eigenvalue weighted by molar-refractivity contribution is -0.138. The molecule has 2 aliphatic heterocycles. The van der Waals surface area contributed by atoms with E-state index in [-0.39, 0.29) is 18.4 Å². The molecule has 4 heterocycles. The van der Waals surface area contributed by atoms with E-state index in [0.29, 0.717) is 34.0 Å². The number of piperidine rings is 1. The first-order valence-electron chi connectivity index (χ1n) is 14.8. The number of likely N-dealkylation sites (tertiary alicyclic amines) is 1. The maximum atomic E-state index is 11.1. The van der Waals surface area contributed by atoms with Gasteiger partial charge in [0.05, 0.1) is 24.2 Å². The number of nitrogens with zero attached hydrogens (tertiary/aromatic N) is 6. The van der Waals surface area contributed by atoms with E-state index >= 15 is 0 Å². The van der Waals surface area contributed by atoms with E-state index in [0.717, 1.165) is 82.0 Å². The number of hydrogen-bond donors (Lipinski definition) is 2. The van der Waals surface area contributed by atoms with Crippen LogP contribution in [0, 0.1) is 5.92 Å². The molecule has 0 aliphatic carbocycles.